The van der Waals surface area contributed by atoms with Gasteiger partial charge < -0.3 is 20.5 Å². The first-order valence-electron chi connectivity index (χ1n) is 14.8. The molecule has 0 aromatic heterocycles. The molecular weight excluding hydrogens is 530 g/mol. The number of hydrogen-bond donors (Lipinski definition) is 3. The topological polar surface area (TPSA) is 108 Å². The summed E-state index contributed by atoms with van der Waals surface area (Å²) < 4.78 is 5.62. The number of carboxylic acid groups (broad SMARTS) is 1. The molecule has 1 aliphatic carbocycles. The first-order chi connectivity index (χ1) is 20.5. The van der Waals surface area contributed by atoms with Crippen LogP contribution in [0.25, 0.3) is 11.1 Å². The highest BCUT2D eigenvalue weighted by Gasteiger charge is 2.30. The van der Waals surface area contributed by atoms with Gasteiger partial charge in [0.2, 0.25) is 5.91 Å². The molecule has 8 nitrogen and oxygen atoms in total. The van der Waals surface area contributed by atoms with E-state index in [1.54, 1.807) is 0 Å². The van der Waals surface area contributed by atoms with E-state index in [9.17, 15) is 19.5 Å². The lowest BCUT2D eigenvalue weighted by atomic mass is 9.98. The van der Waals surface area contributed by atoms with E-state index >= 15 is 0 Å². The van der Waals surface area contributed by atoms with Gasteiger partial charge >= 0.3 is 12.1 Å². The third kappa shape index (κ3) is 7.56. The third-order valence-electron chi connectivity index (χ3n) is 8.27. The van der Waals surface area contributed by atoms with Gasteiger partial charge in [0.15, 0.2) is 0 Å². The number of carboxylic acids is 1. The van der Waals surface area contributed by atoms with Crippen molar-refractivity contribution in [1.82, 2.24) is 15.5 Å². The number of nitrogens with zero attached hydrogens (tertiary/aromatic N) is 1. The van der Waals surface area contributed by atoms with Gasteiger partial charge in [-0.05, 0) is 59.5 Å². The van der Waals surface area contributed by atoms with Crippen LogP contribution in [0.1, 0.15) is 54.7 Å². The Morgan fingerprint density at radius 1 is 0.905 bits per heavy atom. The van der Waals surface area contributed by atoms with E-state index in [-0.39, 0.29) is 37.2 Å². The zero-order valence-corrected chi connectivity index (χ0v) is 23.8. The van der Waals surface area contributed by atoms with E-state index in [2.05, 4.69) is 39.8 Å². The predicted molar refractivity (Wildman–Crippen MR) is 161 cm³/mol. The zero-order chi connectivity index (χ0) is 29.3. The quantitative estimate of drug-likeness (QED) is 0.294. The molecule has 1 heterocycles. The van der Waals surface area contributed by atoms with Crippen LogP contribution in [0, 0.1) is 5.92 Å². The van der Waals surface area contributed by atoms with Crippen LogP contribution in [0.15, 0.2) is 78.9 Å². The summed E-state index contributed by atoms with van der Waals surface area (Å²) in [5.74, 6) is -1.25. The number of ether oxygens (including phenoxy) is 1. The summed E-state index contributed by atoms with van der Waals surface area (Å²) in [6.07, 6.45) is 2.22. The van der Waals surface area contributed by atoms with E-state index in [0.29, 0.717) is 6.54 Å². The molecule has 42 heavy (non-hydrogen) atoms. The van der Waals surface area contributed by atoms with Gasteiger partial charge in [-0.1, -0.05) is 85.3 Å². The molecule has 2 unspecified atom stereocenters. The number of hydrogen-bond acceptors (Lipinski definition) is 5. The first-order valence-corrected chi connectivity index (χ1v) is 14.8. The highest BCUT2D eigenvalue weighted by Crippen LogP contribution is 2.44. The minimum atomic E-state index is -1.03. The Morgan fingerprint density at radius 2 is 1.57 bits per heavy atom. The number of carbonyl (C=O) groups excluding carboxylic acids is 2. The second kappa shape index (κ2) is 14.1. The Morgan fingerprint density at radius 3 is 2.26 bits per heavy atom. The van der Waals surface area contributed by atoms with Crippen LogP contribution < -0.4 is 10.6 Å². The number of alkyl carbamates (subject to hydrolysis) is 1. The molecule has 3 aromatic rings. The molecule has 2 atom stereocenters. The van der Waals surface area contributed by atoms with Crippen LogP contribution >= 0.6 is 0 Å². The molecule has 2 aliphatic rings. The molecule has 3 N–H and O–H groups in total. The molecule has 1 saturated heterocycles. The fourth-order valence-corrected chi connectivity index (χ4v) is 6.16. The lowest BCUT2D eigenvalue weighted by molar-refractivity contribution is -0.137. The van der Waals surface area contributed by atoms with Crippen LogP contribution in [0.5, 0.6) is 0 Å². The Hall–Kier alpha value is -4.17. The summed E-state index contributed by atoms with van der Waals surface area (Å²) >= 11 is 0. The number of benzene rings is 3. The van der Waals surface area contributed by atoms with Crippen molar-refractivity contribution >= 4 is 18.0 Å². The van der Waals surface area contributed by atoms with Gasteiger partial charge in [-0.15, -0.1) is 0 Å². The highest BCUT2D eigenvalue weighted by atomic mass is 16.5. The lowest BCUT2D eigenvalue weighted by Crippen LogP contribution is -2.48. The van der Waals surface area contributed by atoms with Gasteiger partial charge in [-0.3, -0.25) is 14.5 Å². The molecule has 0 spiro atoms. The van der Waals surface area contributed by atoms with E-state index < -0.39 is 18.1 Å². The molecule has 1 fully saturated rings. The summed E-state index contributed by atoms with van der Waals surface area (Å²) in [6.45, 7) is 3.35. The molecule has 3 aromatic carbocycles. The van der Waals surface area contributed by atoms with Gasteiger partial charge in [0.25, 0.3) is 0 Å². The van der Waals surface area contributed by atoms with E-state index in [4.69, 9.17) is 4.74 Å². The third-order valence-corrected chi connectivity index (χ3v) is 8.27. The standard InChI is InChI=1S/C34H39N3O5/c38-32(39)18-17-31(33(40)35-20-25-12-8-9-19-37(22-25)21-24-10-2-1-3-11-24)36-34(41)42-23-30-28-15-6-4-13-26(28)27-14-5-7-16-29(27)30/h1-7,10-11,13-16,25,30-31H,8-9,12,17-23H2,(H,35,40)(H,36,41)(H,38,39). The molecular formula is C34H39N3O5. The normalized spacial score (nSPS) is 17.4. The largest absolute Gasteiger partial charge is 0.481 e. The molecule has 0 saturated carbocycles. The van der Waals surface area contributed by atoms with Crippen molar-refractivity contribution in [2.75, 3.05) is 26.2 Å². The monoisotopic (exact) mass is 569 g/mol. The maximum absolute atomic E-state index is 13.2. The second-order valence-corrected chi connectivity index (χ2v) is 11.3. The van der Waals surface area contributed by atoms with E-state index in [1.807, 2.05) is 54.6 Å². The fraction of sp³-hybridized carbons (Fsp3) is 0.382. The summed E-state index contributed by atoms with van der Waals surface area (Å²) in [5.41, 5.74) is 5.71. The van der Waals surface area contributed by atoms with Crippen LogP contribution in [0.2, 0.25) is 0 Å². The maximum Gasteiger partial charge on any atom is 0.407 e. The SMILES string of the molecule is O=C(O)CCC(NC(=O)OCC1c2ccccc2-c2ccccc21)C(=O)NCC1CCCCN(Cc2ccccc2)C1. The van der Waals surface area contributed by atoms with Crippen LogP contribution in [-0.4, -0.2) is 60.3 Å². The van der Waals surface area contributed by atoms with Gasteiger partial charge in [0.05, 0.1) is 0 Å². The minimum absolute atomic E-state index is 0.0177. The molecule has 1 aliphatic heterocycles. The van der Waals surface area contributed by atoms with E-state index in [1.165, 1.54) is 5.56 Å². The van der Waals surface area contributed by atoms with Gasteiger partial charge in [0.1, 0.15) is 12.6 Å². The van der Waals surface area contributed by atoms with Crippen LogP contribution in [0.3, 0.4) is 0 Å². The number of likely N-dealkylation sites (tertiary alicyclic amines) is 1. The van der Waals surface area contributed by atoms with Crippen molar-refractivity contribution in [2.45, 2.75) is 50.6 Å². The highest BCUT2D eigenvalue weighted by molar-refractivity contribution is 5.86. The maximum atomic E-state index is 13.2. The number of amides is 2. The summed E-state index contributed by atoms with van der Waals surface area (Å²) in [5, 5.41) is 14.9. The zero-order valence-electron chi connectivity index (χ0n) is 23.8. The van der Waals surface area contributed by atoms with Gasteiger partial charge in [0, 0.05) is 32.0 Å². The van der Waals surface area contributed by atoms with Crippen molar-refractivity contribution in [1.29, 1.82) is 0 Å². The number of aliphatic carboxylic acids is 1. The molecule has 5 rings (SSSR count). The molecule has 8 heteroatoms. The van der Waals surface area contributed by atoms with Crippen LogP contribution in [-0.2, 0) is 20.9 Å². The van der Waals surface area contributed by atoms with Crippen molar-refractivity contribution in [3.8, 4) is 11.1 Å². The average Bonchev–Trinajstić information content (AvgIpc) is 3.14. The van der Waals surface area contributed by atoms with Gasteiger partial charge in [-0.2, -0.15) is 0 Å². The smallest absolute Gasteiger partial charge is 0.407 e. The fourth-order valence-electron chi connectivity index (χ4n) is 6.16. The van der Waals surface area contributed by atoms with Gasteiger partial charge in [-0.25, -0.2) is 4.79 Å². The second-order valence-electron chi connectivity index (χ2n) is 11.3. The van der Waals surface area contributed by atoms with Crippen molar-refractivity contribution in [3.05, 3.63) is 95.6 Å². The van der Waals surface area contributed by atoms with Crippen molar-refractivity contribution < 1.29 is 24.2 Å². The molecule has 2 amide bonds. The Bertz CT molecular complexity index is 1330. The predicted octanol–water partition coefficient (Wildman–Crippen LogP) is 5.18. The number of fused-ring (bicyclic) bond motifs is 3. The Balaban J connectivity index is 1.16. The number of rotatable bonds is 11. The summed E-state index contributed by atoms with van der Waals surface area (Å²) in [4.78, 5) is 39.8. The molecule has 0 bridgehead atoms. The molecule has 220 valence electrons. The van der Waals surface area contributed by atoms with E-state index in [0.717, 1.165) is 61.2 Å². The Kier molecular flexibility index (Phi) is 9.87. The molecule has 0 radical (unpaired) electrons. The lowest BCUT2D eigenvalue weighted by Gasteiger charge is -2.25. The van der Waals surface area contributed by atoms with Crippen LogP contribution in [0.4, 0.5) is 4.79 Å². The van der Waals surface area contributed by atoms with Crippen molar-refractivity contribution in [2.24, 2.45) is 5.92 Å². The number of carbonyl (C=O) groups is 3. The first kappa shape index (κ1) is 29.3. The Labute approximate surface area is 247 Å². The van der Waals surface area contributed by atoms with Crippen molar-refractivity contribution in [3.63, 3.8) is 0 Å². The minimum Gasteiger partial charge on any atom is -0.481 e. The summed E-state index contributed by atoms with van der Waals surface area (Å²) in [7, 11) is 0. The summed E-state index contributed by atoms with van der Waals surface area (Å²) in [6, 6.07) is 25.5. The average molecular weight is 570 g/mol. The number of nitrogens with one attached hydrogen (secondary N) is 2.